The highest BCUT2D eigenvalue weighted by Crippen LogP contribution is 2.34. The fraction of sp³-hybridized carbons (Fsp3) is 1.00. The summed E-state index contributed by atoms with van der Waals surface area (Å²) in [6.07, 6.45) is 7.06. The summed E-state index contributed by atoms with van der Waals surface area (Å²) in [6, 6.07) is 1.69. The van der Waals surface area contributed by atoms with Gasteiger partial charge < -0.3 is 10.2 Å². The summed E-state index contributed by atoms with van der Waals surface area (Å²) in [7, 11) is 2.28. The fourth-order valence-electron chi connectivity index (χ4n) is 2.06. The smallest absolute Gasteiger partial charge is 0.00921 e. The van der Waals surface area contributed by atoms with E-state index in [0.29, 0.717) is 0 Å². The lowest BCUT2D eigenvalue weighted by atomic mass is 10.2. The van der Waals surface area contributed by atoms with Crippen LogP contribution < -0.4 is 5.32 Å². The van der Waals surface area contributed by atoms with E-state index in [0.717, 1.165) is 18.0 Å². The monoisotopic (exact) mass is 196 g/mol. The van der Waals surface area contributed by atoms with Crippen molar-refractivity contribution in [2.24, 2.45) is 5.92 Å². The minimum atomic E-state index is 0.816. The highest BCUT2D eigenvalue weighted by molar-refractivity contribution is 4.84. The van der Waals surface area contributed by atoms with Gasteiger partial charge in [0.15, 0.2) is 0 Å². The highest BCUT2D eigenvalue weighted by atomic mass is 15.1. The van der Waals surface area contributed by atoms with Gasteiger partial charge in [-0.25, -0.2) is 0 Å². The second-order valence-electron chi connectivity index (χ2n) is 5.14. The molecule has 0 aromatic carbocycles. The average Bonchev–Trinajstić information content (AvgIpc) is 3.04. The van der Waals surface area contributed by atoms with Crippen molar-refractivity contribution in [1.82, 2.24) is 10.2 Å². The molecule has 82 valence electrons. The van der Waals surface area contributed by atoms with Gasteiger partial charge in [0.25, 0.3) is 0 Å². The molecule has 2 saturated carbocycles. The lowest BCUT2D eigenvalue weighted by Crippen LogP contribution is -2.33. The Morgan fingerprint density at radius 2 is 2.00 bits per heavy atom. The van der Waals surface area contributed by atoms with E-state index in [1.807, 2.05) is 0 Å². The third-order valence-corrected chi connectivity index (χ3v) is 3.70. The Morgan fingerprint density at radius 3 is 2.57 bits per heavy atom. The molecule has 1 atom stereocenters. The van der Waals surface area contributed by atoms with Crippen LogP contribution in [-0.2, 0) is 0 Å². The van der Waals surface area contributed by atoms with Gasteiger partial charge in [-0.2, -0.15) is 0 Å². The first-order valence-corrected chi connectivity index (χ1v) is 6.21. The van der Waals surface area contributed by atoms with Crippen LogP contribution in [0.25, 0.3) is 0 Å². The molecule has 14 heavy (non-hydrogen) atoms. The molecule has 2 nitrogen and oxygen atoms in total. The molecule has 2 rings (SSSR count). The molecule has 0 bridgehead atoms. The van der Waals surface area contributed by atoms with Gasteiger partial charge in [-0.05, 0) is 65.1 Å². The third kappa shape index (κ3) is 3.25. The molecule has 2 aliphatic carbocycles. The summed E-state index contributed by atoms with van der Waals surface area (Å²) in [5.74, 6) is 1.01. The van der Waals surface area contributed by atoms with Crippen molar-refractivity contribution in [1.29, 1.82) is 0 Å². The molecule has 0 amide bonds. The molecule has 1 N–H and O–H groups in total. The lowest BCUT2D eigenvalue weighted by molar-refractivity contribution is 0.231. The molecular weight excluding hydrogens is 172 g/mol. The number of nitrogens with one attached hydrogen (secondary N) is 1. The lowest BCUT2D eigenvalue weighted by Gasteiger charge is -2.24. The van der Waals surface area contributed by atoms with Gasteiger partial charge >= 0.3 is 0 Å². The van der Waals surface area contributed by atoms with Crippen LogP contribution in [0.4, 0.5) is 0 Å². The van der Waals surface area contributed by atoms with E-state index in [9.17, 15) is 0 Å². The Kier molecular flexibility index (Phi) is 3.45. The highest BCUT2D eigenvalue weighted by Gasteiger charge is 2.30. The quantitative estimate of drug-likeness (QED) is 0.625. The summed E-state index contributed by atoms with van der Waals surface area (Å²) < 4.78 is 0. The van der Waals surface area contributed by atoms with Crippen LogP contribution in [0.5, 0.6) is 0 Å². The zero-order chi connectivity index (χ0) is 9.97. The van der Waals surface area contributed by atoms with E-state index in [2.05, 4.69) is 24.2 Å². The van der Waals surface area contributed by atoms with Crippen LogP contribution in [-0.4, -0.2) is 37.1 Å². The predicted molar refractivity (Wildman–Crippen MR) is 60.5 cm³/mol. The topological polar surface area (TPSA) is 15.3 Å². The van der Waals surface area contributed by atoms with Gasteiger partial charge in [0.1, 0.15) is 0 Å². The summed E-state index contributed by atoms with van der Waals surface area (Å²) >= 11 is 0. The number of rotatable bonds is 7. The zero-order valence-electron chi connectivity index (χ0n) is 9.63. The molecule has 0 heterocycles. The first-order chi connectivity index (χ1) is 6.77. The van der Waals surface area contributed by atoms with Crippen LogP contribution in [0, 0.1) is 5.92 Å². The molecule has 0 aromatic rings. The van der Waals surface area contributed by atoms with E-state index < -0.39 is 0 Å². The van der Waals surface area contributed by atoms with Crippen molar-refractivity contribution >= 4 is 0 Å². The summed E-state index contributed by atoms with van der Waals surface area (Å²) in [5.41, 5.74) is 0. The Morgan fingerprint density at radius 1 is 1.29 bits per heavy atom. The second kappa shape index (κ2) is 4.63. The van der Waals surface area contributed by atoms with Crippen molar-refractivity contribution in [2.75, 3.05) is 20.1 Å². The third-order valence-electron chi connectivity index (χ3n) is 3.70. The number of hydrogen-bond acceptors (Lipinski definition) is 2. The van der Waals surface area contributed by atoms with Gasteiger partial charge in [0, 0.05) is 12.1 Å². The maximum absolute atomic E-state index is 3.57. The first kappa shape index (κ1) is 10.4. The molecule has 2 aliphatic rings. The largest absolute Gasteiger partial charge is 0.314 e. The van der Waals surface area contributed by atoms with Crippen molar-refractivity contribution in [3.63, 3.8) is 0 Å². The average molecular weight is 196 g/mol. The van der Waals surface area contributed by atoms with Crippen molar-refractivity contribution < 1.29 is 0 Å². The summed E-state index contributed by atoms with van der Waals surface area (Å²) in [5, 5.41) is 3.57. The first-order valence-electron chi connectivity index (χ1n) is 6.21. The minimum Gasteiger partial charge on any atom is -0.314 e. The standard InChI is InChI=1S/C12H24N2/c1-10(11-4-5-11)14(2)9-3-8-13-12-6-7-12/h10-13H,3-9H2,1-2H3. The molecule has 1 unspecified atom stereocenters. The molecule has 0 aliphatic heterocycles. The Labute approximate surface area is 88.1 Å². The van der Waals surface area contributed by atoms with Gasteiger partial charge in [0.2, 0.25) is 0 Å². The van der Waals surface area contributed by atoms with Crippen LogP contribution in [0.2, 0.25) is 0 Å². The normalized spacial score (nSPS) is 24.2. The van der Waals surface area contributed by atoms with E-state index >= 15 is 0 Å². The van der Waals surface area contributed by atoms with Crippen molar-refractivity contribution in [3.8, 4) is 0 Å². The van der Waals surface area contributed by atoms with Gasteiger partial charge in [-0.3, -0.25) is 0 Å². The minimum absolute atomic E-state index is 0.816. The molecular formula is C12H24N2. The molecule has 0 spiro atoms. The van der Waals surface area contributed by atoms with E-state index in [4.69, 9.17) is 0 Å². The molecule has 2 heteroatoms. The number of nitrogens with zero attached hydrogens (tertiary/aromatic N) is 1. The fourth-order valence-corrected chi connectivity index (χ4v) is 2.06. The summed E-state index contributed by atoms with van der Waals surface area (Å²) in [4.78, 5) is 2.53. The van der Waals surface area contributed by atoms with E-state index in [-0.39, 0.29) is 0 Å². The Balaban J connectivity index is 1.49. The zero-order valence-corrected chi connectivity index (χ0v) is 9.63. The molecule has 0 aromatic heterocycles. The van der Waals surface area contributed by atoms with Crippen molar-refractivity contribution in [2.45, 2.75) is 51.1 Å². The van der Waals surface area contributed by atoms with Crippen LogP contribution in [0.1, 0.15) is 39.0 Å². The van der Waals surface area contributed by atoms with E-state index in [1.165, 1.54) is 45.2 Å². The second-order valence-corrected chi connectivity index (χ2v) is 5.14. The van der Waals surface area contributed by atoms with Gasteiger partial charge in [-0.15, -0.1) is 0 Å². The van der Waals surface area contributed by atoms with E-state index in [1.54, 1.807) is 0 Å². The SMILES string of the molecule is CC(C1CC1)N(C)CCCNC1CC1. The number of hydrogen-bond donors (Lipinski definition) is 1. The maximum Gasteiger partial charge on any atom is 0.00921 e. The Hall–Kier alpha value is -0.0800. The van der Waals surface area contributed by atoms with Crippen LogP contribution in [0.3, 0.4) is 0 Å². The van der Waals surface area contributed by atoms with Gasteiger partial charge in [0.05, 0.1) is 0 Å². The molecule has 0 radical (unpaired) electrons. The van der Waals surface area contributed by atoms with Crippen LogP contribution >= 0.6 is 0 Å². The van der Waals surface area contributed by atoms with Gasteiger partial charge in [-0.1, -0.05) is 0 Å². The maximum atomic E-state index is 3.57. The molecule has 2 fully saturated rings. The van der Waals surface area contributed by atoms with Crippen molar-refractivity contribution in [3.05, 3.63) is 0 Å². The van der Waals surface area contributed by atoms with Crippen LogP contribution in [0.15, 0.2) is 0 Å². The Bertz CT molecular complexity index is 173. The predicted octanol–water partition coefficient (Wildman–Crippen LogP) is 1.86. The summed E-state index contributed by atoms with van der Waals surface area (Å²) in [6.45, 7) is 4.86. The molecule has 0 saturated heterocycles.